The van der Waals surface area contributed by atoms with Crippen molar-refractivity contribution in [3.05, 3.63) is 23.0 Å². The Hall–Kier alpha value is -0.800. The molecule has 12 heavy (non-hydrogen) atoms. The summed E-state index contributed by atoms with van der Waals surface area (Å²) in [5.41, 5.74) is 3.10. The number of hydrogen-bond acceptors (Lipinski definition) is 2. The normalized spacial score (nSPS) is 11.1. The number of aliphatic hydroxyl groups excluding tert-OH is 2. The smallest absolute Gasteiger partial charge is 0.0522 e. The maximum absolute atomic E-state index is 8.94. The highest BCUT2D eigenvalue weighted by molar-refractivity contribution is 5.28. The van der Waals surface area contributed by atoms with Crippen LogP contribution in [0.2, 0.25) is 0 Å². The number of nitrogens with one attached hydrogen (secondary N) is 1. The van der Waals surface area contributed by atoms with E-state index in [0.29, 0.717) is 0 Å². The molecule has 0 unspecified atom stereocenters. The third-order valence-electron chi connectivity index (χ3n) is 2.07. The molecule has 1 heterocycles. The molecule has 1 aromatic heterocycles. The minimum atomic E-state index is -0.144. The minimum Gasteiger partial charge on any atom is -0.396 e. The molecular formula is C9H15NO2. The Bertz CT molecular complexity index is 251. The lowest BCUT2D eigenvalue weighted by atomic mass is 10.0. The first-order valence-electron chi connectivity index (χ1n) is 4.06. The molecule has 0 bridgehead atoms. The minimum absolute atomic E-state index is 0.00532. The Balaban J connectivity index is 2.91. The van der Waals surface area contributed by atoms with Crippen LogP contribution < -0.4 is 0 Å². The molecule has 3 nitrogen and oxygen atoms in total. The summed E-state index contributed by atoms with van der Waals surface area (Å²) in [5, 5.41) is 17.9. The topological polar surface area (TPSA) is 56.2 Å². The fourth-order valence-corrected chi connectivity index (χ4v) is 1.42. The molecule has 0 saturated heterocycles. The Kier molecular flexibility index (Phi) is 2.89. The van der Waals surface area contributed by atoms with E-state index in [1.807, 2.05) is 19.9 Å². The van der Waals surface area contributed by atoms with E-state index in [1.54, 1.807) is 0 Å². The van der Waals surface area contributed by atoms with Crippen LogP contribution in [0.25, 0.3) is 0 Å². The van der Waals surface area contributed by atoms with Crippen molar-refractivity contribution >= 4 is 0 Å². The molecule has 0 atom stereocenters. The van der Waals surface area contributed by atoms with Crippen LogP contribution in [0.1, 0.15) is 22.9 Å². The molecule has 3 heteroatoms. The predicted octanol–water partition coefficient (Wildman–Crippen LogP) is 0.700. The monoisotopic (exact) mass is 169 g/mol. The van der Waals surface area contributed by atoms with Gasteiger partial charge in [0.25, 0.3) is 0 Å². The van der Waals surface area contributed by atoms with E-state index in [2.05, 4.69) is 4.98 Å². The van der Waals surface area contributed by atoms with Crippen molar-refractivity contribution in [2.75, 3.05) is 13.2 Å². The van der Waals surface area contributed by atoms with Crippen LogP contribution in [0.15, 0.2) is 6.07 Å². The summed E-state index contributed by atoms with van der Waals surface area (Å²) < 4.78 is 0. The van der Waals surface area contributed by atoms with Gasteiger partial charge in [-0.15, -0.1) is 0 Å². The molecule has 0 spiro atoms. The van der Waals surface area contributed by atoms with E-state index < -0.39 is 0 Å². The van der Waals surface area contributed by atoms with Crippen molar-refractivity contribution in [3.63, 3.8) is 0 Å². The van der Waals surface area contributed by atoms with Gasteiger partial charge in [0, 0.05) is 17.3 Å². The molecule has 0 saturated carbocycles. The van der Waals surface area contributed by atoms with Gasteiger partial charge in [0.15, 0.2) is 0 Å². The first-order chi connectivity index (χ1) is 5.69. The quantitative estimate of drug-likeness (QED) is 0.624. The van der Waals surface area contributed by atoms with Gasteiger partial charge in [-0.2, -0.15) is 0 Å². The molecule has 3 N–H and O–H groups in total. The Labute approximate surface area is 72.1 Å². The summed E-state index contributed by atoms with van der Waals surface area (Å²) in [4.78, 5) is 3.13. The zero-order valence-electron chi connectivity index (χ0n) is 7.46. The van der Waals surface area contributed by atoms with E-state index >= 15 is 0 Å². The number of rotatable bonds is 3. The van der Waals surface area contributed by atoms with Crippen LogP contribution in [0, 0.1) is 13.8 Å². The number of aromatic amines is 1. The summed E-state index contributed by atoms with van der Waals surface area (Å²) >= 11 is 0. The van der Waals surface area contributed by atoms with Gasteiger partial charge in [0.2, 0.25) is 0 Å². The second kappa shape index (κ2) is 3.74. The fraction of sp³-hybridized carbons (Fsp3) is 0.556. The van der Waals surface area contributed by atoms with Crippen LogP contribution >= 0.6 is 0 Å². The first-order valence-corrected chi connectivity index (χ1v) is 4.06. The van der Waals surface area contributed by atoms with Crippen molar-refractivity contribution in [2.24, 2.45) is 0 Å². The highest BCUT2D eigenvalue weighted by Gasteiger charge is 2.13. The van der Waals surface area contributed by atoms with Crippen molar-refractivity contribution in [1.82, 2.24) is 4.98 Å². The molecule has 0 aliphatic heterocycles. The van der Waals surface area contributed by atoms with Crippen molar-refractivity contribution in [2.45, 2.75) is 19.8 Å². The lowest BCUT2D eigenvalue weighted by molar-refractivity contribution is 0.192. The van der Waals surface area contributed by atoms with E-state index in [1.165, 1.54) is 0 Å². The summed E-state index contributed by atoms with van der Waals surface area (Å²) in [7, 11) is 0. The lowest BCUT2D eigenvalue weighted by Crippen LogP contribution is -2.08. The summed E-state index contributed by atoms with van der Waals surface area (Å²) in [6, 6.07) is 1.96. The maximum Gasteiger partial charge on any atom is 0.0522 e. The van der Waals surface area contributed by atoms with E-state index in [0.717, 1.165) is 17.0 Å². The second-order valence-electron chi connectivity index (χ2n) is 3.09. The molecule has 0 fully saturated rings. The van der Waals surface area contributed by atoms with Crippen LogP contribution in [-0.4, -0.2) is 28.4 Å². The third-order valence-corrected chi connectivity index (χ3v) is 2.07. The van der Waals surface area contributed by atoms with Gasteiger partial charge >= 0.3 is 0 Å². The number of aliphatic hydroxyl groups is 2. The van der Waals surface area contributed by atoms with Crippen LogP contribution in [0.3, 0.4) is 0 Å². The van der Waals surface area contributed by atoms with Crippen molar-refractivity contribution in [1.29, 1.82) is 0 Å². The molecule has 0 aliphatic rings. The van der Waals surface area contributed by atoms with Gasteiger partial charge in [-0.1, -0.05) is 0 Å². The highest BCUT2D eigenvalue weighted by atomic mass is 16.3. The SMILES string of the molecule is Cc1cc(C(CO)CO)c(C)[nH]1. The first kappa shape index (κ1) is 9.29. The average molecular weight is 169 g/mol. The molecule has 0 aromatic carbocycles. The zero-order valence-corrected chi connectivity index (χ0v) is 7.46. The lowest BCUT2D eigenvalue weighted by Gasteiger charge is -2.09. The molecule has 0 aliphatic carbocycles. The molecule has 0 amide bonds. The largest absolute Gasteiger partial charge is 0.396 e. The summed E-state index contributed by atoms with van der Waals surface area (Å²) in [6.45, 7) is 3.90. The van der Waals surface area contributed by atoms with Gasteiger partial charge in [0.1, 0.15) is 0 Å². The fourth-order valence-electron chi connectivity index (χ4n) is 1.42. The molecule has 1 aromatic rings. The number of hydrogen-bond donors (Lipinski definition) is 3. The molecule has 68 valence electrons. The van der Waals surface area contributed by atoms with Crippen molar-refractivity contribution < 1.29 is 10.2 Å². The second-order valence-corrected chi connectivity index (χ2v) is 3.09. The number of H-pyrrole nitrogens is 1. The van der Waals surface area contributed by atoms with Crippen LogP contribution in [-0.2, 0) is 0 Å². The van der Waals surface area contributed by atoms with Gasteiger partial charge in [-0.3, -0.25) is 0 Å². The Morgan fingerprint density at radius 3 is 2.25 bits per heavy atom. The average Bonchev–Trinajstić information content (AvgIpc) is 2.34. The van der Waals surface area contributed by atoms with Gasteiger partial charge < -0.3 is 15.2 Å². The molecule has 1 rings (SSSR count). The zero-order chi connectivity index (χ0) is 9.14. The standard InChI is InChI=1S/C9H15NO2/c1-6-3-9(7(2)10-6)8(4-11)5-12/h3,8,10-12H,4-5H2,1-2H3. The van der Waals surface area contributed by atoms with Crippen LogP contribution in [0.5, 0.6) is 0 Å². The Morgan fingerprint density at radius 1 is 1.33 bits per heavy atom. The van der Waals surface area contributed by atoms with Gasteiger partial charge in [-0.05, 0) is 25.5 Å². The third kappa shape index (κ3) is 1.68. The number of aryl methyl sites for hydroxylation is 2. The predicted molar refractivity (Wildman–Crippen MR) is 47.2 cm³/mol. The maximum atomic E-state index is 8.94. The molecule has 0 radical (unpaired) electrons. The summed E-state index contributed by atoms with van der Waals surface area (Å²) in [6.07, 6.45) is 0. The van der Waals surface area contributed by atoms with E-state index in [9.17, 15) is 0 Å². The molecular weight excluding hydrogens is 154 g/mol. The number of aromatic nitrogens is 1. The van der Waals surface area contributed by atoms with Gasteiger partial charge in [0.05, 0.1) is 13.2 Å². The van der Waals surface area contributed by atoms with E-state index in [4.69, 9.17) is 10.2 Å². The Morgan fingerprint density at radius 2 is 1.92 bits per heavy atom. The summed E-state index contributed by atoms with van der Waals surface area (Å²) in [5.74, 6) is -0.144. The highest BCUT2D eigenvalue weighted by Crippen LogP contribution is 2.19. The van der Waals surface area contributed by atoms with E-state index in [-0.39, 0.29) is 19.1 Å². The van der Waals surface area contributed by atoms with Gasteiger partial charge in [-0.25, -0.2) is 0 Å². The van der Waals surface area contributed by atoms with Crippen molar-refractivity contribution in [3.8, 4) is 0 Å². The van der Waals surface area contributed by atoms with Crippen LogP contribution in [0.4, 0.5) is 0 Å².